The van der Waals surface area contributed by atoms with Crippen molar-refractivity contribution in [1.29, 1.82) is 0 Å². The maximum absolute atomic E-state index is 13.3. The third kappa shape index (κ3) is 6.85. The largest absolute Gasteiger partial charge is 0.387 e. The molecule has 0 atom stereocenters. The number of hydrogen-bond donors (Lipinski definition) is 2. The van der Waals surface area contributed by atoms with Crippen LogP contribution in [0.2, 0.25) is 0 Å². The molecular formula is C24H25N7O5S2. The SMILES string of the molecule is CNc1ccc2nc(NC(=O)/C(=N/OCc3ncccn3)c3ccc(S(=O)(=O)CCCOC)cc3)sc2n1. The molecule has 38 heavy (non-hydrogen) atoms. The lowest BCUT2D eigenvalue weighted by Gasteiger charge is -2.09. The summed E-state index contributed by atoms with van der Waals surface area (Å²) in [5.41, 5.74) is 0.903. The molecule has 0 aliphatic carbocycles. The number of amides is 1. The van der Waals surface area contributed by atoms with Gasteiger partial charge in [-0.15, -0.1) is 0 Å². The molecule has 0 radical (unpaired) electrons. The standard InChI is InChI=1S/C24H25N7O5S2/c1-25-19-10-9-18-23(29-19)37-24(28-18)30-22(32)21(31-36-15-20-26-11-3-12-27-20)16-5-7-17(8-6-16)38(33,34)14-4-13-35-2/h3,5-12H,4,13-15H2,1-2H3,(H,25,29)(H,28,30,32)/b31-21+. The zero-order chi connectivity index (χ0) is 27.0. The minimum Gasteiger partial charge on any atom is -0.387 e. The van der Waals surface area contributed by atoms with Gasteiger partial charge in [0, 0.05) is 38.7 Å². The fraction of sp³-hybridized carbons (Fsp3) is 0.250. The highest BCUT2D eigenvalue weighted by atomic mass is 32.2. The summed E-state index contributed by atoms with van der Waals surface area (Å²) < 4.78 is 30.1. The van der Waals surface area contributed by atoms with Crippen molar-refractivity contribution in [1.82, 2.24) is 19.9 Å². The van der Waals surface area contributed by atoms with Gasteiger partial charge in [-0.2, -0.15) is 0 Å². The van der Waals surface area contributed by atoms with Gasteiger partial charge in [0.15, 0.2) is 33.1 Å². The number of carbonyl (C=O) groups is 1. The number of rotatable bonds is 12. The number of aromatic nitrogens is 4. The lowest BCUT2D eigenvalue weighted by atomic mass is 10.1. The van der Waals surface area contributed by atoms with Crippen LogP contribution >= 0.6 is 11.3 Å². The minimum atomic E-state index is -3.51. The Bertz CT molecular complexity index is 1530. The highest BCUT2D eigenvalue weighted by Gasteiger charge is 2.20. The molecule has 3 aromatic heterocycles. The third-order valence-corrected chi connectivity index (χ3v) is 7.86. The Morgan fingerprint density at radius 3 is 2.55 bits per heavy atom. The van der Waals surface area contributed by atoms with E-state index in [2.05, 4.69) is 35.7 Å². The molecule has 14 heteroatoms. The van der Waals surface area contributed by atoms with Crippen LogP contribution in [-0.2, 0) is 30.8 Å². The molecule has 0 aliphatic rings. The number of thiazole rings is 1. The van der Waals surface area contributed by atoms with E-state index in [4.69, 9.17) is 9.57 Å². The summed E-state index contributed by atoms with van der Waals surface area (Å²) in [4.78, 5) is 36.4. The first-order valence-electron chi connectivity index (χ1n) is 11.4. The fourth-order valence-electron chi connectivity index (χ4n) is 3.28. The Kier molecular flexibility index (Phi) is 8.89. The summed E-state index contributed by atoms with van der Waals surface area (Å²) in [7, 11) is -0.227. The number of anilines is 2. The Morgan fingerprint density at radius 2 is 1.84 bits per heavy atom. The van der Waals surface area contributed by atoms with E-state index in [0.29, 0.717) is 45.7 Å². The van der Waals surface area contributed by atoms with Crippen LogP contribution in [0, 0.1) is 0 Å². The average molecular weight is 556 g/mol. The lowest BCUT2D eigenvalue weighted by molar-refractivity contribution is -0.110. The Morgan fingerprint density at radius 1 is 1.08 bits per heavy atom. The minimum absolute atomic E-state index is 0.0529. The lowest BCUT2D eigenvalue weighted by Crippen LogP contribution is -2.24. The second-order valence-electron chi connectivity index (χ2n) is 7.81. The van der Waals surface area contributed by atoms with Gasteiger partial charge in [0.2, 0.25) is 0 Å². The van der Waals surface area contributed by atoms with E-state index in [1.54, 1.807) is 37.6 Å². The van der Waals surface area contributed by atoms with Gasteiger partial charge >= 0.3 is 0 Å². The highest BCUT2D eigenvalue weighted by Crippen LogP contribution is 2.26. The predicted molar refractivity (Wildman–Crippen MR) is 144 cm³/mol. The molecule has 198 valence electrons. The molecule has 0 bridgehead atoms. The average Bonchev–Trinajstić information content (AvgIpc) is 3.33. The number of nitrogens with one attached hydrogen (secondary N) is 2. The van der Waals surface area contributed by atoms with Crippen molar-refractivity contribution in [3.05, 3.63) is 66.2 Å². The number of ether oxygens (including phenoxy) is 1. The molecule has 2 N–H and O–H groups in total. The first-order valence-corrected chi connectivity index (χ1v) is 13.9. The van der Waals surface area contributed by atoms with E-state index in [0.717, 1.165) is 0 Å². The maximum Gasteiger partial charge on any atom is 0.280 e. The van der Waals surface area contributed by atoms with E-state index in [-0.39, 0.29) is 23.0 Å². The Hall–Kier alpha value is -4.01. The third-order valence-electron chi connectivity index (χ3n) is 5.16. The molecule has 4 aromatic rings. The topological polar surface area (TPSA) is 158 Å². The van der Waals surface area contributed by atoms with Crippen molar-refractivity contribution in [3.8, 4) is 0 Å². The molecule has 0 fully saturated rings. The number of oxime groups is 1. The number of hydrogen-bond acceptors (Lipinski definition) is 12. The van der Waals surface area contributed by atoms with Crippen LogP contribution in [0.5, 0.6) is 0 Å². The molecule has 0 saturated heterocycles. The highest BCUT2D eigenvalue weighted by molar-refractivity contribution is 7.91. The van der Waals surface area contributed by atoms with Crippen LogP contribution in [0.15, 0.2) is 64.9 Å². The van der Waals surface area contributed by atoms with E-state index in [1.807, 2.05) is 0 Å². The molecule has 3 heterocycles. The summed E-state index contributed by atoms with van der Waals surface area (Å²) in [6.45, 7) is 0.274. The van der Waals surface area contributed by atoms with Gasteiger partial charge in [-0.05, 0) is 36.8 Å². The van der Waals surface area contributed by atoms with Crippen molar-refractivity contribution < 1.29 is 22.8 Å². The monoisotopic (exact) mass is 555 g/mol. The summed E-state index contributed by atoms with van der Waals surface area (Å²) in [5.74, 6) is 0.409. The second kappa shape index (κ2) is 12.5. The zero-order valence-corrected chi connectivity index (χ0v) is 22.3. The van der Waals surface area contributed by atoms with Crippen LogP contribution in [0.3, 0.4) is 0 Å². The van der Waals surface area contributed by atoms with Crippen molar-refractivity contribution in [3.63, 3.8) is 0 Å². The van der Waals surface area contributed by atoms with Crippen LogP contribution in [0.4, 0.5) is 10.9 Å². The molecule has 0 saturated carbocycles. The van der Waals surface area contributed by atoms with Crippen molar-refractivity contribution in [2.45, 2.75) is 17.9 Å². The molecular weight excluding hydrogens is 530 g/mol. The van der Waals surface area contributed by atoms with Gasteiger partial charge in [0.05, 0.1) is 10.6 Å². The van der Waals surface area contributed by atoms with Crippen molar-refractivity contribution in [2.24, 2.45) is 5.16 Å². The fourth-order valence-corrected chi connectivity index (χ4v) is 5.40. The van der Waals surface area contributed by atoms with Gasteiger partial charge in [-0.25, -0.2) is 28.4 Å². The van der Waals surface area contributed by atoms with Crippen molar-refractivity contribution >= 4 is 54.1 Å². The van der Waals surface area contributed by atoms with Crippen LogP contribution in [-0.4, -0.2) is 66.5 Å². The van der Waals surface area contributed by atoms with E-state index >= 15 is 0 Å². The summed E-state index contributed by atoms with van der Waals surface area (Å²) in [6, 6.07) is 11.1. The van der Waals surface area contributed by atoms with Gasteiger partial charge in [-0.3, -0.25) is 10.1 Å². The molecule has 0 unspecified atom stereocenters. The molecule has 0 aliphatic heterocycles. The van der Waals surface area contributed by atoms with E-state index in [9.17, 15) is 13.2 Å². The van der Waals surface area contributed by atoms with Crippen molar-refractivity contribution in [2.75, 3.05) is 37.2 Å². The number of methoxy groups -OCH3 is 1. The predicted octanol–water partition coefficient (Wildman–Crippen LogP) is 2.89. The number of carbonyl (C=O) groups excluding carboxylic acids is 1. The molecule has 1 aromatic carbocycles. The summed E-state index contributed by atoms with van der Waals surface area (Å²) >= 11 is 1.20. The number of nitrogens with zero attached hydrogens (tertiary/aromatic N) is 5. The first-order chi connectivity index (χ1) is 18.4. The van der Waals surface area contributed by atoms with Gasteiger partial charge in [-0.1, -0.05) is 28.6 Å². The van der Waals surface area contributed by atoms with Gasteiger partial charge < -0.3 is 14.9 Å². The van der Waals surface area contributed by atoms with Crippen LogP contribution < -0.4 is 10.6 Å². The second-order valence-corrected chi connectivity index (χ2v) is 10.9. The molecule has 12 nitrogen and oxygen atoms in total. The number of sulfone groups is 1. The van der Waals surface area contributed by atoms with Gasteiger partial charge in [0.1, 0.15) is 16.2 Å². The Labute approximate surface area is 223 Å². The van der Waals surface area contributed by atoms with Crippen LogP contribution in [0.25, 0.3) is 10.3 Å². The summed E-state index contributed by atoms with van der Waals surface area (Å²) in [5, 5.41) is 10.0. The van der Waals surface area contributed by atoms with Gasteiger partial charge in [0.25, 0.3) is 5.91 Å². The zero-order valence-electron chi connectivity index (χ0n) is 20.6. The van der Waals surface area contributed by atoms with Crippen LogP contribution in [0.1, 0.15) is 17.8 Å². The molecule has 0 spiro atoms. The summed E-state index contributed by atoms with van der Waals surface area (Å²) in [6.07, 6.45) is 3.50. The molecule has 1 amide bonds. The Balaban J connectivity index is 1.57. The smallest absolute Gasteiger partial charge is 0.280 e. The normalized spacial score (nSPS) is 11.9. The van der Waals surface area contributed by atoms with E-state index < -0.39 is 15.7 Å². The van der Waals surface area contributed by atoms with E-state index in [1.165, 1.54) is 42.7 Å². The number of benzene rings is 1. The first kappa shape index (κ1) is 27.0. The quantitative estimate of drug-likeness (QED) is 0.151. The molecule has 4 rings (SSSR count). The maximum atomic E-state index is 13.3. The number of pyridine rings is 1. The number of fused-ring (bicyclic) bond motifs is 1.